The first-order valence-corrected chi connectivity index (χ1v) is 7.99. The van der Waals surface area contributed by atoms with Gasteiger partial charge < -0.3 is 20.1 Å². The van der Waals surface area contributed by atoms with E-state index in [4.69, 9.17) is 0 Å². The van der Waals surface area contributed by atoms with Crippen LogP contribution in [-0.2, 0) is 28.7 Å². The van der Waals surface area contributed by atoms with Crippen molar-refractivity contribution in [2.24, 2.45) is 0 Å². The highest BCUT2D eigenvalue weighted by Gasteiger charge is 2.17. The Hall–Kier alpha value is -3.23. The summed E-state index contributed by atoms with van der Waals surface area (Å²) in [5, 5.41) is 4.41. The molecule has 0 bridgehead atoms. The average molecular weight is 364 g/mol. The summed E-state index contributed by atoms with van der Waals surface area (Å²) in [6, 6.07) is 4.80. The molecule has 1 aromatic carbocycles. The van der Waals surface area contributed by atoms with E-state index < -0.39 is 29.2 Å². The van der Waals surface area contributed by atoms with Crippen LogP contribution >= 0.6 is 0 Å². The van der Waals surface area contributed by atoms with E-state index in [1.54, 1.807) is 13.8 Å². The maximum atomic E-state index is 11.9. The summed E-state index contributed by atoms with van der Waals surface area (Å²) >= 11 is 0. The Bertz CT molecular complexity index is 746. The molecule has 2 amide bonds. The van der Waals surface area contributed by atoms with Gasteiger partial charge in [-0.1, -0.05) is 13.8 Å². The molecule has 0 aliphatic carbocycles. The second-order valence-corrected chi connectivity index (χ2v) is 5.08. The first kappa shape index (κ1) is 20.8. The van der Waals surface area contributed by atoms with Gasteiger partial charge in [0.1, 0.15) is 0 Å². The van der Waals surface area contributed by atoms with Gasteiger partial charge >= 0.3 is 23.8 Å². The fourth-order valence-corrected chi connectivity index (χ4v) is 1.63. The van der Waals surface area contributed by atoms with Gasteiger partial charge in [0.2, 0.25) is 5.43 Å². The SMILES string of the molecule is CCCOC(=O)C(=O)Nc1ccc(NC(=O)C(=O)OCCC)c(=O)cc1. The van der Waals surface area contributed by atoms with E-state index in [2.05, 4.69) is 20.1 Å². The standard InChI is InChI=1S/C17H20N2O7/c1-3-9-25-16(23)14(21)18-11-5-7-12(13(20)8-6-11)19-15(22)17(24)26-10-4-2/h5-8H,3-4,9-10H2,1-2H3,(H,18,21)(H,19,20,22). The quantitative estimate of drug-likeness (QED) is 0.565. The van der Waals surface area contributed by atoms with E-state index in [-0.39, 0.29) is 24.6 Å². The Morgan fingerprint density at radius 1 is 0.808 bits per heavy atom. The lowest BCUT2D eigenvalue weighted by atomic mass is 10.4. The highest BCUT2D eigenvalue weighted by Crippen LogP contribution is 2.07. The number of rotatable bonds is 6. The first-order valence-electron chi connectivity index (χ1n) is 7.99. The third-order valence-corrected chi connectivity index (χ3v) is 2.86. The van der Waals surface area contributed by atoms with Gasteiger partial charge in [-0.25, -0.2) is 9.59 Å². The highest BCUT2D eigenvalue weighted by molar-refractivity contribution is 6.37. The van der Waals surface area contributed by atoms with E-state index >= 15 is 0 Å². The molecule has 9 nitrogen and oxygen atoms in total. The Morgan fingerprint density at radius 2 is 1.31 bits per heavy atom. The Labute approximate surface area is 149 Å². The molecule has 0 aliphatic heterocycles. The molecule has 0 saturated carbocycles. The zero-order valence-corrected chi connectivity index (χ0v) is 14.5. The lowest BCUT2D eigenvalue weighted by molar-refractivity contribution is -0.152. The minimum atomic E-state index is -1.11. The molecular formula is C17H20N2O7. The minimum absolute atomic E-state index is 0.0867. The molecule has 0 atom stereocenters. The number of esters is 2. The van der Waals surface area contributed by atoms with Gasteiger partial charge in [-0.15, -0.1) is 0 Å². The summed E-state index contributed by atoms with van der Waals surface area (Å²) in [7, 11) is 0. The van der Waals surface area contributed by atoms with Gasteiger partial charge in [0.05, 0.1) is 18.9 Å². The van der Waals surface area contributed by atoms with Crippen LogP contribution in [0.2, 0.25) is 0 Å². The van der Waals surface area contributed by atoms with Crippen molar-refractivity contribution in [1.29, 1.82) is 0 Å². The van der Waals surface area contributed by atoms with Crippen molar-refractivity contribution in [1.82, 2.24) is 0 Å². The third kappa shape index (κ3) is 6.71. The van der Waals surface area contributed by atoms with E-state index in [1.165, 1.54) is 18.2 Å². The lowest BCUT2D eigenvalue weighted by Crippen LogP contribution is -2.27. The van der Waals surface area contributed by atoms with E-state index in [9.17, 15) is 24.0 Å². The largest absolute Gasteiger partial charge is 0.459 e. The van der Waals surface area contributed by atoms with Crippen LogP contribution in [-0.4, -0.2) is 37.0 Å². The van der Waals surface area contributed by atoms with Crippen molar-refractivity contribution in [3.63, 3.8) is 0 Å². The number of ether oxygens (including phenoxy) is 2. The van der Waals surface area contributed by atoms with E-state index in [0.717, 1.165) is 6.07 Å². The molecular weight excluding hydrogens is 344 g/mol. The fraction of sp³-hybridized carbons (Fsp3) is 0.353. The predicted octanol–water partition coefficient (Wildman–Crippen LogP) is 0.830. The van der Waals surface area contributed by atoms with Gasteiger partial charge in [0, 0.05) is 5.69 Å². The Kier molecular flexibility index (Phi) is 8.48. The van der Waals surface area contributed by atoms with Crippen LogP contribution in [0.4, 0.5) is 11.4 Å². The summed E-state index contributed by atoms with van der Waals surface area (Å²) in [6.45, 7) is 3.76. The number of hydrogen-bond acceptors (Lipinski definition) is 7. The number of carbonyl (C=O) groups is 4. The minimum Gasteiger partial charge on any atom is -0.459 e. The van der Waals surface area contributed by atoms with Crippen molar-refractivity contribution >= 4 is 35.1 Å². The van der Waals surface area contributed by atoms with Crippen LogP contribution in [0.25, 0.3) is 0 Å². The number of nitrogens with one attached hydrogen (secondary N) is 2. The molecule has 0 spiro atoms. The van der Waals surface area contributed by atoms with Gasteiger partial charge in [0.15, 0.2) is 0 Å². The molecule has 1 aromatic rings. The van der Waals surface area contributed by atoms with E-state index in [0.29, 0.717) is 12.8 Å². The van der Waals surface area contributed by atoms with Gasteiger partial charge in [-0.2, -0.15) is 0 Å². The van der Waals surface area contributed by atoms with Crippen LogP contribution in [0.3, 0.4) is 0 Å². The van der Waals surface area contributed by atoms with Crippen LogP contribution in [0.15, 0.2) is 29.1 Å². The predicted molar refractivity (Wildman–Crippen MR) is 92.5 cm³/mol. The van der Waals surface area contributed by atoms with Crippen molar-refractivity contribution in [3.8, 4) is 0 Å². The monoisotopic (exact) mass is 364 g/mol. The maximum absolute atomic E-state index is 11.9. The molecule has 0 unspecified atom stereocenters. The number of carbonyl (C=O) groups excluding carboxylic acids is 4. The normalized spacial score (nSPS) is 9.77. The molecule has 0 heterocycles. The highest BCUT2D eigenvalue weighted by atomic mass is 16.5. The topological polar surface area (TPSA) is 128 Å². The first-order chi connectivity index (χ1) is 12.4. The molecule has 2 N–H and O–H groups in total. The second kappa shape index (κ2) is 10.6. The second-order valence-electron chi connectivity index (χ2n) is 5.08. The van der Waals surface area contributed by atoms with Crippen LogP contribution < -0.4 is 16.1 Å². The molecule has 0 aromatic heterocycles. The van der Waals surface area contributed by atoms with Crippen molar-refractivity contribution in [2.75, 3.05) is 23.8 Å². The third-order valence-electron chi connectivity index (χ3n) is 2.86. The summed E-state index contributed by atoms with van der Waals surface area (Å²) in [6.07, 6.45) is 1.12. The van der Waals surface area contributed by atoms with Gasteiger partial charge in [0.25, 0.3) is 0 Å². The molecule has 0 radical (unpaired) electrons. The summed E-state index contributed by atoms with van der Waals surface area (Å²) in [4.78, 5) is 58.1. The van der Waals surface area contributed by atoms with Crippen molar-refractivity contribution in [2.45, 2.75) is 26.7 Å². The molecule has 0 fully saturated rings. The summed E-state index contributed by atoms with van der Waals surface area (Å²) in [5.74, 6) is -4.24. The molecule has 0 saturated heterocycles. The van der Waals surface area contributed by atoms with Gasteiger partial charge in [-0.3, -0.25) is 14.4 Å². The van der Waals surface area contributed by atoms with Crippen LogP contribution in [0.5, 0.6) is 0 Å². The molecule has 1 rings (SSSR count). The molecule has 26 heavy (non-hydrogen) atoms. The number of hydrogen-bond donors (Lipinski definition) is 2. The van der Waals surface area contributed by atoms with Gasteiger partial charge in [-0.05, 0) is 37.1 Å². The van der Waals surface area contributed by atoms with Crippen LogP contribution in [0, 0.1) is 0 Å². The number of amides is 2. The van der Waals surface area contributed by atoms with E-state index in [1.807, 2.05) is 0 Å². The molecule has 140 valence electrons. The zero-order valence-electron chi connectivity index (χ0n) is 14.5. The van der Waals surface area contributed by atoms with Crippen molar-refractivity contribution in [3.05, 3.63) is 34.5 Å². The fourth-order valence-electron chi connectivity index (χ4n) is 1.63. The summed E-state index contributed by atoms with van der Waals surface area (Å²) < 4.78 is 9.35. The average Bonchev–Trinajstić information content (AvgIpc) is 2.79. The Morgan fingerprint density at radius 3 is 1.85 bits per heavy atom. The summed E-state index contributed by atoms with van der Waals surface area (Å²) in [5.41, 5.74) is -0.650. The van der Waals surface area contributed by atoms with Crippen molar-refractivity contribution < 1.29 is 28.7 Å². The van der Waals surface area contributed by atoms with Crippen LogP contribution in [0.1, 0.15) is 26.7 Å². The molecule has 9 heteroatoms. The lowest BCUT2D eigenvalue weighted by Gasteiger charge is -2.04. The number of anilines is 2. The zero-order chi connectivity index (χ0) is 19.5. The maximum Gasteiger partial charge on any atom is 0.397 e. The molecule has 0 aliphatic rings. The Balaban J connectivity index is 2.81. The smallest absolute Gasteiger partial charge is 0.397 e.